The number of carbonyl (C=O) groups excluding carboxylic acids is 2. The summed E-state index contributed by atoms with van der Waals surface area (Å²) in [7, 11) is 0. The first-order chi connectivity index (χ1) is 18.2. The molecule has 2 atom stereocenters. The van der Waals surface area contributed by atoms with E-state index in [1.807, 2.05) is 36.4 Å². The van der Waals surface area contributed by atoms with Gasteiger partial charge in [0.25, 0.3) is 0 Å². The minimum Gasteiger partial charge on any atom is -0.435 e. The maximum Gasteiger partial charge on any atom is 0.417 e. The van der Waals surface area contributed by atoms with Crippen LogP contribution in [0.2, 0.25) is 0 Å². The first kappa shape index (κ1) is 26.0. The van der Waals surface area contributed by atoms with Gasteiger partial charge in [0.15, 0.2) is 5.60 Å². The van der Waals surface area contributed by atoms with Crippen molar-refractivity contribution in [1.82, 2.24) is 34.3 Å². The van der Waals surface area contributed by atoms with E-state index in [2.05, 4.69) is 36.7 Å². The van der Waals surface area contributed by atoms with E-state index in [1.165, 1.54) is 11.0 Å². The summed E-state index contributed by atoms with van der Waals surface area (Å²) in [6.45, 7) is 15.8. The Hall–Kier alpha value is -3.58. The fraction of sp³-hybridized carbons (Fsp3) is 0.600. The van der Waals surface area contributed by atoms with Crippen LogP contribution in [0.4, 0.5) is 16.7 Å². The van der Waals surface area contributed by atoms with E-state index in [4.69, 9.17) is 9.47 Å². The second kappa shape index (κ2) is 10.3. The third-order valence-corrected chi connectivity index (χ3v) is 7.24. The smallest absolute Gasteiger partial charge is 0.417 e. The number of aromatic nitrogens is 5. The molecule has 0 unspecified atom stereocenters. The van der Waals surface area contributed by atoms with E-state index in [0.29, 0.717) is 44.7 Å². The van der Waals surface area contributed by atoms with E-state index in [0.717, 1.165) is 18.8 Å². The molecule has 0 aliphatic carbocycles. The van der Waals surface area contributed by atoms with E-state index >= 15 is 0 Å². The van der Waals surface area contributed by atoms with Crippen LogP contribution >= 0.6 is 0 Å². The number of hydrogen-bond acceptors (Lipinski definition) is 10. The Morgan fingerprint density at radius 3 is 2.58 bits per heavy atom. The number of anilines is 2. The Balaban J connectivity index is 1.25. The SMILES string of the molecule is C=CC(=O)N1CCN(Cn2cnc([C@H](C)Nc3nc(C)nc(N4C(=O)OC5(COC5)[C@@H]4C(C)C)n3)c2)CC1. The molecule has 2 aromatic rings. The quantitative estimate of drug-likeness (QED) is 0.507. The number of imidazole rings is 1. The van der Waals surface area contributed by atoms with Crippen LogP contribution in [0.3, 0.4) is 0 Å². The molecule has 0 radical (unpaired) electrons. The molecule has 38 heavy (non-hydrogen) atoms. The molecule has 13 heteroatoms. The van der Waals surface area contributed by atoms with Crippen LogP contribution in [0, 0.1) is 12.8 Å². The normalized spacial score (nSPS) is 21.9. The average Bonchev–Trinajstić information content (AvgIpc) is 3.46. The van der Waals surface area contributed by atoms with Crippen LogP contribution in [-0.4, -0.2) is 97.3 Å². The lowest BCUT2D eigenvalue weighted by atomic mass is 9.84. The van der Waals surface area contributed by atoms with Gasteiger partial charge in [0.1, 0.15) is 5.82 Å². The number of piperazine rings is 1. The molecule has 0 bridgehead atoms. The molecule has 5 heterocycles. The van der Waals surface area contributed by atoms with Crippen molar-refractivity contribution in [3.63, 3.8) is 0 Å². The molecule has 3 fully saturated rings. The Morgan fingerprint density at radius 1 is 1.21 bits per heavy atom. The van der Waals surface area contributed by atoms with Crippen LogP contribution < -0.4 is 10.2 Å². The van der Waals surface area contributed by atoms with Crippen molar-refractivity contribution in [2.24, 2.45) is 5.92 Å². The van der Waals surface area contributed by atoms with Crippen molar-refractivity contribution in [1.29, 1.82) is 0 Å². The zero-order chi connectivity index (χ0) is 27.0. The number of aryl methyl sites for hydroxylation is 1. The van der Waals surface area contributed by atoms with Crippen molar-refractivity contribution in [3.05, 3.63) is 36.7 Å². The first-order valence-corrected chi connectivity index (χ1v) is 12.9. The van der Waals surface area contributed by atoms with Crippen molar-refractivity contribution in [2.45, 2.75) is 52.0 Å². The summed E-state index contributed by atoms with van der Waals surface area (Å²) < 4.78 is 13.2. The van der Waals surface area contributed by atoms with Gasteiger partial charge in [-0.1, -0.05) is 20.4 Å². The lowest BCUT2D eigenvalue weighted by molar-refractivity contribution is -0.174. The van der Waals surface area contributed by atoms with Gasteiger partial charge < -0.3 is 24.3 Å². The van der Waals surface area contributed by atoms with Gasteiger partial charge in [-0.25, -0.2) is 14.7 Å². The summed E-state index contributed by atoms with van der Waals surface area (Å²) in [5, 5.41) is 3.30. The summed E-state index contributed by atoms with van der Waals surface area (Å²) in [5.74, 6) is 1.21. The van der Waals surface area contributed by atoms with Crippen LogP contribution in [0.15, 0.2) is 25.2 Å². The summed E-state index contributed by atoms with van der Waals surface area (Å²) in [5.41, 5.74) is 0.171. The number of amides is 2. The molecule has 2 amide bonds. The summed E-state index contributed by atoms with van der Waals surface area (Å²) in [4.78, 5) is 48.4. The molecular formula is C25H35N9O4. The molecule has 1 N–H and O–H groups in total. The lowest BCUT2D eigenvalue weighted by Crippen LogP contribution is -2.61. The Bertz CT molecular complexity index is 1200. The summed E-state index contributed by atoms with van der Waals surface area (Å²) in [6.07, 6.45) is 4.68. The molecule has 3 aliphatic rings. The highest BCUT2D eigenvalue weighted by atomic mass is 16.6. The molecule has 1 spiro atoms. The van der Waals surface area contributed by atoms with Gasteiger partial charge in [0.05, 0.1) is 44.0 Å². The second-order valence-electron chi connectivity index (χ2n) is 10.5. The fourth-order valence-corrected chi connectivity index (χ4v) is 5.33. The number of nitrogens with zero attached hydrogens (tertiary/aromatic N) is 8. The summed E-state index contributed by atoms with van der Waals surface area (Å²) in [6, 6.07) is -0.422. The zero-order valence-electron chi connectivity index (χ0n) is 22.3. The van der Waals surface area contributed by atoms with E-state index in [1.54, 1.807) is 13.3 Å². The Kier molecular flexibility index (Phi) is 7.05. The fourth-order valence-electron chi connectivity index (χ4n) is 5.33. The molecule has 13 nitrogen and oxygen atoms in total. The average molecular weight is 526 g/mol. The minimum atomic E-state index is -0.659. The Labute approximate surface area is 221 Å². The van der Waals surface area contributed by atoms with E-state index in [-0.39, 0.29) is 29.9 Å². The molecular weight excluding hydrogens is 490 g/mol. The maximum absolute atomic E-state index is 12.9. The third kappa shape index (κ3) is 4.95. The second-order valence-corrected chi connectivity index (χ2v) is 10.5. The first-order valence-electron chi connectivity index (χ1n) is 12.9. The molecule has 3 saturated heterocycles. The Morgan fingerprint density at radius 2 is 1.95 bits per heavy atom. The van der Waals surface area contributed by atoms with Gasteiger partial charge in [-0.3, -0.25) is 9.69 Å². The summed E-state index contributed by atoms with van der Waals surface area (Å²) >= 11 is 0. The molecule has 204 valence electrons. The largest absolute Gasteiger partial charge is 0.435 e. The van der Waals surface area contributed by atoms with Gasteiger partial charge in [-0.05, 0) is 25.8 Å². The van der Waals surface area contributed by atoms with E-state index < -0.39 is 11.7 Å². The van der Waals surface area contributed by atoms with Crippen LogP contribution in [0.1, 0.15) is 38.3 Å². The number of nitrogens with one attached hydrogen (secondary N) is 1. The number of carbonyl (C=O) groups is 2. The van der Waals surface area contributed by atoms with Crippen LogP contribution in [0.5, 0.6) is 0 Å². The molecule has 0 aromatic carbocycles. The molecule has 2 aromatic heterocycles. The van der Waals surface area contributed by atoms with Gasteiger partial charge in [-0.15, -0.1) is 0 Å². The van der Waals surface area contributed by atoms with Crippen molar-refractivity contribution < 1.29 is 19.1 Å². The molecule has 3 aliphatic heterocycles. The van der Waals surface area contributed by atoms with Gasteiger partial charge in [0.2, 0.25) is 17.8 Å². The topological polar surface area (TPSA) is 131 Å². The predicted molar refractivity (Wildman–Crippen MR) is 138 cm³/mol. The van der Waals surface area contributed by atoms with Crippen LogP contribution in [-0.2, 0) is 20.9 Å². The highest BCUT2D eigenvalue weighted by Gasteiger charge is 2.61. The van der Waals surface area contributed by atoms with Gasteiger partial charge >= 0.3 is 6.09 Å². The van der Waals surface area contributed by atoms with Gasteiger partial charge in [0, 0.05) is 32.4 Å². The monoisotopic (exact) mass is 525 g/mol. The van der Waals surface area contributed by atoms with Crippen molar-refractivity contribution in [3.8, 4) is 0 Å². The highest BCUT2D eigenvalue weighted by molar-refractivity contribution is 5.89. The third-order valence-electron chi connectivity index (χ3n) is 7.24. The lowest BCUT2D eigenvalue weighted by Gasteiger charge is -2.42. The van der Waals surface area contributed by atoms with Gasteiger partial charge in [-0.2, -0.15) is 15.0 Å². The van der Waals surface area contributed by atoms with Crippen LogP contribution in [0.25, 0.3) is 0 Å². The van der Waals surface area contributed by atoms with Crippen molar-refractivity contribution in [2.75, 3.05) is 49.6 Å². The molecule has 5 rings (SSSR count). The number of rotatable bonds is 8. The number of hydrogen-bond donors (Lipinski definition) is 1. The van der Waals surface area contributed by atoms with E-state index in [9.17, 15) is 9.59 Å². The maximum atomic E-state index is 12.9. The van der Waals surface area contributed by atoms with Crippen molar-refractivity contribution >= 4 is 23.9 Å². The number of ether oxygens (including phenoxy) is 2. The minimum absolute atomic E-state index is 0.0240. The standard InChI is InChI=1S/C25H35N9O4/c1-6-20(35)33-9-7-31(8-10-33)15-32-11-19(26-14-32)17(4)27-22-28-18(5)29-23(30-22)34-21(16(2)3)25(12-37-13-25)38-24(34)36/h6,11,14,16-17,21H,1,7-10,12-13,15H2,2-5H3,(H,27,28,29,30)/t17-,21-/m0/s1. The predicted octanol–water partition coefficient (Wildman–Crippen LogP) is 1.59. The zero-order valence-corrected chi connectivity index (χ0v) is 22.3. The highest BCUT2D eigenvalue weighted by Crippen LogP contribution is 2.41. The molecule has 0 saturated carbocycles.